The lowest BCUT2D eigenvalue weighted by Gasteiger charge is -2.34. The van der Waals surface area contributed by atoms with Gasteiger partial charge in [0.15, 0.2) is 0 Å². The molecular formula is C20H31ClN4O. The van der Waals surface area contributed by atoms with E-state index in [1.54, 1.807) is 0 Å². The first kappa shape index (κ1) is 19.3. The molecule has 2 aliphatic heterocycles. The zero-order chi connectivity index (χ0) is 18.5. The number of halogens is 1. The number of likely N-dealkylation sites (tertiary alicyclic amines) is 1. The van der Waals surface area contributed by atoms with Gasteiger partial charge >= 0.3 is 6.03 Å². The minimum Gasteiger partial charge on any atom is -0.371 e. The number of hydrogen-bond acceptors (Lipinski definition) is 3. The molecule has 0 aliphatic carbocycles. The van der Waals surface area contributed by atoms with Crippen molar-refractivity contribution < 1.29 is 4.79 Å². The predicted molar refractivity (Wildman–Crippen MR) is 108 cm³/mol. The van der Waals surface area contributed by atoms with Gasteiger partial charge < -0.3 is 20.4 Å². The van der Waals surface area contributed by atoms with Gasteiger partial charge in [-0.1, -0.05) is 11.6 Å². The van der Waals surface area contributed by atoms with Crippen LogP contribution in [-0.2, 0) is 0 Å². The number of rotatable bonds is 5. The first-order valence-electron chi connectivity index (χ1n) is 9.80. The van der Waals surface area contributed by atoms with Crippen LogP contribution in [-0.4, -0.2) is 55.7 Å². The molecule has 2 fully saturated rings. The van der Waals surface area contributed by atoms with Crippen LogP contribution in [0.2, 0.25) is 5.02 Å². The summed E-state index contributed by atoms with van der Waals surface area (Å²) < 4.78 is 0. The molecule has 1 aromatic rings. The highest BCUT2D eigenvalue weighted by molar-refractivity contribution is 6.30. The molecule has 2 aliphatic rings. The van der Waals surface area contributed by atoms with Gasteiger partial charge in [-0.2, -0.15) is 0 Å². The number of carbonyl (C=O) groups excluding carboxylic acids is 1. The molecule has 0 bridgehead atoms. The van der Waals surface area contributed by atoms with Crippen LogP contribution in [0.25, 0.3) is 0 Å². The summed E-state index contributed by atoms with van der Waals surface area (Å²) in [4.78, 5) is 17.0. The van der Waals surface area contributed by atoms with E-state index in [9.17, 15) is 4.79 Å². The van der Waals surface area contributed by atoms with E-state index in [1.165, 1.54) is 5.69 Å². The molecule has 2 saturated heterocycles. The number of nitrogens with one attached hydrogen (secondary N) is 2. The summed E-state index contributed by atoms with van der Waals surface area (Å²) in [5.41, 5.74) is 1.21. The minimum absolute atomic E-state index is 0.0158. The van der Waals surface area contributed by atoms with Crippen molar-refractivity contribution in [3.05, 3.63) is 29.3 Å². The number of hydrogen-bond donors (Lipinski definition) is 2. The Balaban J connectivity index is 1.36. The Hall–Kier alpha value is -1.46. The fourth-order valence-electron chi connectivity index (χ4n) is 3.92. The Morgan fingerprint density at radius 1 is 1.15 bits per heavy atom. The lowest BCUT2D eigenvalue weighted by molar-refractivity contribution is 0.161. The summed E-state index contributed by atoms with van der Waals surface area (Å²) in [6.45, 7) is 9.35. The summed E-state index contributed by atoms with van der Waals surface area (Å²) in [6.07, 6.45) is 3.19. The largest absolute Gasteiger partial charge is 0.371 e. The van der Waals surface area contributed by atoms with Gasteiger partial charge in [0.2, 0.25) is 0 Å². The number of carbonyl (C=O) groups is 1. The molecule has 2 N–H and O–H groups in total. The molecule has 0 spiro atoms. The third-order valence-corrected chi connectivity index (χ3v) is 5.88. The van der Waals surface area contributed by atoms with E-state index in [-0.39, 0.29) is 6.03 Å². The van der Waals surface area contributed by atoms with Crippen LogP contribution < -0.4 is 15.5 Å². The van der Waals surface area contributed by atoms with E-state index < -0.39 is 0 Å². The molecule has 5 nitrogen and oxygen atoms in total. The third kappa shape index (κ3) is 5.27. The molecular weight excluding hydrogens is 348 g/mol. The van der Waals surface area contributed by atoms with Gasteiger partial charge in [-0.15, -0.1) is 0 Å². The molecule has 0 aromatic heterocycles. The maximum atomic E-state index is 12.2. The topological polar surface area (TPSA) is 47.6 Å². The van der Waals surface area contributed by atoms with Gasteiger partial charge in [0.25, 0.3) is 0 Å². The molecule has 0 saturated carbocycles. The van der Waals surface area contributed by atoms with Crippen molar-refractivity contribution in [3.63, 3.8) is 0 Å². The summed E-state index contributed by atoms with van der Waals surface area (Å²) in [6, 6.07) is 8.87. The standard InChI is InChI=1S/C20H31ClN4O/c1-15(2)24-11-8-18(9-12-24)23-20(26)22-13-16-7-10-25(14-16)19-5-3-17(21)4-6-19/h3-6,15-16,18H,7-14H2,1-2H3,(H2,22,23,26). The monoisotopic (exact) mass is 378 g/mol. The second-order valence-corrected chi connectivity index (χ2v) is 8.27. The Morgan fingerprint density at radius 2 is 1.85 bits per heavy atom. The normalized spacial score (nSPS) is 22.0. The van der Waals surface area contributed by atoms with E-state index in [4.69, 9.17) is 11.6 Å². The highest BCUT2D eigenvalue weighted by atomic mass is 35.5. The average molecular weight is 379 g/mol. The maximum absolute atomic E-state index is 12.2. The van der Waals surface area contributed by atoms with E-state index in [0.717, 1.165) is 57.0 Å². The zero-order valence-electron chi connectivity index (χ0n) is 15.9. The summed E-state index contributed by atoms with van der Waals surface area (Å²) >= 11 is 5.96. The second kappa shape index (κ2) is 8.96. The van der Waals surface area contributed by atoms with Gasteiger partial charge in [-0.3, -0.25) is 0 Å². The molecule has 1 atom stereocenters. The number of urea groups is 1. The summed E-state index contributed by atoms with van der Waals surface area (Å²) in [5, 5.41) is 6.99. The van der Waals surface area contributed by atoms with E-state index in [1.807, 2.05) is 12.1 Å². The highest BCUT2D eigenvalue weighted by Crippen LogP contribution is 2.24. The van der Waals surface area contributed by atoms with E-state index in [0.29, 0.717) is 18.0 Å². The number of anilines is 1. The van der Waals surface area contributed by atoms with Gasteiger partial charge in [-0.05, 0) is 63.3 Å². The van der Waals surface area contributed by atoms with E-state index >= 15 is 0 Å². The second-order valence-electron chi connectivity index (χ2n) is 7.84. The zero-order valence-corrected chi connectivity index (χ0v) is 16.6. The predicted octanol–water partition coefficient (Wildman–Crippen LogP) is 3.34. The molecule has 3 rings (SSSR count). The number of nitrogens with zero attached hydrogens (tertiary/aromatic N) is 2. The van der Waals surface area contributed by atoms with Crippen LogP contribution >= 0.6 is 11.6 Å². The SMILES string of the molecule is CC(C)N1CCC(NC(=O)NCC2CCN(c3ccc(Cl)cc3)C2)CC1. The molecule has 1 unspecified atom stereocenters. The van der Waals surface area contributed by atoms with Crippen LogP contribution in [0.3, 0.4) is 0 Å². The minimum atomic E-state index is -0.0158. The van der Waals surface area contributed by atoms with Crippen LogP contribution in [0.5, 0.6) is 0 Å². The number of benzene rings is 1. The Bertz CT molecular complexity index is 584. The van der Waals surface area contributed by atoms with Gasteiger partial charge in [0.05, 0.1) is 0 Å². The smallest absolute Gasteiger partial charge is 0.315 e. The van der Waals surface area contributed by atoms with Gasteiger partial charge in [-0.25, -0.2) is 4.79 Å². The Labute approximate surface area is 162 Å². The maximum Gasteiger partial charge on any atom is 0.315 e. The van der Waals surface area contributed by atoms with Crippen LogP contribution in [0.4, 0.5) is 10.5 Å². The summed E-state index contributed by atoms with van der Waals surface area (Å²) in [7, 11) is 0. The van der Waals surface area contributed by atoms with Gasteiger partial charge in [0.1, 0.15) is 0 Å². The van der Waals surface area contributed by atoms with E-state index in [2.05, 4.69) is 46.4 Å². The molecule has 1 aromatic carbocycles. The molecule has 144 valence electrons. The van der Waals surface area contributed by atoms with Crippen LogP contribution in [0, 0.1) is 5.92 Å². The molecule has 6 heteroatoms. The van der Waals surface area contributed by atoms with Crippen molar-refractivity contribution in [2.45, 2.75) is 45.2 Å². The van der Waals surface area contributed by atoms with Crippen molar-refractivity contribution in [2.24, 2.45) is 5.92 Å². The van der Waals surface area contributed by atoms with Crippen molar-refractivity contribution in [3.8, 4) is 0 Å². The fraction of sp³-hybridized carbons (Fsp3) is 0.650. The molecule has 0 radical (unpaired) electrons. The first-order valence-corrected chi connectivity index (χ1v) is 10.2. The fourth-order valence-corrected chi connectivity index (χ4v) is 4.05. The molecule has 2 amide bonds. The van der Waals surface area contributed by atoms with Crippen molar-refractivity contribution in [2.75, 3.05) is 37.6 Å². The number of amides is 2. The van der Waals surface area contributed by atoms with Crippen LogP contribution in [0.1, 0.15) is 33.1 Å². The first-order chi connectivity index (χ1) is 12.5. The Morgan fingerprint density at radius 3 is 2.50 bits per heavy atom. The third-order valence-electron chi connectivity index (χ3n) is 5.62. The quantitative estimate of drug-likeness (QED) is 0.826. The lowest BCUT2D eigenvalue weighted by Crippen LogP contribution is -2.49. The molecule has 2 heterocycles. The van der Waals surface area contributed by atoms with Gasteiger partial charge in [0, 0.05) is 55.5 Å². The number of piperidine rings is 1. The van der Waals surface area contributed by atoms with Crippen LogP contribution in [0.15, 0.2) is 24.3 Å². The van der Waals surface area contributed by atoms with Crippen molar-refractivity contribution >= 4 is 23.3 Å². The van der Waals surface area contributed by atoms with Crippen molar-refractivity contribution in [1.29, 1.82) is 0 Å². The molecule has 26 heavy (non-hydrogen) atoms. The highest BCUT2D eigenvalue weighted by Gasteiger charge is 2.25. The summed E-state index contributed by atoms with van der Waals surface area (Å²) in [5.74, 6) is 0.499. The lowest BCUT2D eigenvalue weighted by atomic mass is 10.0. The average Bonchev–Trinajstić information content (AvgIpc) is 3.10. The Kier molecular flexibility index (Phi) is 6.65. The van der Waals surface area contributed by atoms with Crippen molar-refractivity contribution in [1.82, 2.24) is 15.5 Å².